The normalized spacial score (nSPS) is 17.0. The number of nitrogens with zero attached hydrogens (tertiary/aromatic N) is 3. The fraction of sp³-hybridized carbons (Fsp3) is 0.250. The highest BCUT2D eigenvalue weighted by atomic mass is 35.5. The summed E-state index contributed by atoms with van der Waals surface area (Å²) in [5, 5.41) is 4.40. The van der Waals surface area contributed by atoms with E-state index in [4.69, 9.17) is 16.1 Å². The molecule has 5 nitrogen and oxygen atoms in total. The number of anilines is 1. The molecule has 1 atom stereocenters. The molecule has 2 heterocycles. The van der Waals surface area contributed by atoms with Crippen LogP contribution < -0.4 is 4.90 Å². The zero-order chi connectivity index (χ0) is 19.1. The van der Waals surface area contributed by atoms with Crippen molar-refractivity contribution in [3.63, 3.8) is 0 Å². The number of rotatable bonds is 3. The molecular formula is C20H17ClFN3O2. The first-order chi connectivity index (χ1) is 12.9. The molecular weight excluding hydrogens is 369 g/mol. The van der Waals surface area contributed by atoms with Gasteiger partial charge in [0.1, 0.15) is 5.82 Å². The summed E-state index contributed by atoms with van der Waals surface area (Å²) < 4.78 is 19.0. The molecule has 1 saturated heterocycles. The highest BCUT2D eigenvalue weighted by molar-refractivity contribution is 6.33. The number of hydrogen-bond donors (Lipinski definition) is 0. The molecule has 0 saturated carbocycles. The van der Waals surface area contributed by atoms with Crippen LogP contribution in [0.2, 0.25) is 5.02 Å². The molecule has 1 aliphatic rings. The standard InChI is InChI=1S/C20H17ClFN3O2/c1-11-3-5-15(12(2)7-11)19-23-20(27-24-19)13-8-18(26)25(10-13)17-9-14(22)4-6-16(17)21/h3-7,9,13H,8,10H2,1-2H3. The van der Waals surface area contributed by atoms with Gasteiger partial charge < -0.3 is 9.42 Å². The monoisotopic (exact) mass is 385 g/mol. The summed E-state index contributed by atoms with van der Waals surface area (Å²) in [6.07, 6.45) is 0.210. The van der Waals surface area contributed by atoms with Crippen LogP contribution in [-0.2, 0) is 4.79 Å². The molecule has 27 heavy (non-hydrogen) atoms. The topological polar surface area (TPSA) is 59.2 Å². The first-order valence-electron chi connectivity index (χ1n) is 8.59. The lowest BCUT2D eigenvalue weighted by Gasteiger charge is -2.17. The number of hydrogen-bond acceptors (Lipinski definition) is 4. The first-order valence-corrected chi connectivity index (χ1v) is 8.97. The quantitative estimate of drug-likeness (QED) is 0.657. The maximum Gasteiger partial charge on any atom is 0.232 e. The second-order valence-electron chi connectivity index (χ2n) is 6.78. The molecule has 0 bridgehead atoms. The fourth-order valence-electron chi connectivity index (χ4n) is 3.37. The first kappa shape index (κ1) is 17.7. The van der Waals surface area contributed by atoms with Gasteiger partial charge in [-0.3, -0.25) is 4.79 Å². The van der Waals surface area contributed by atoms with Crippen molar-refractivity contribution in [1.82, 2.24) is 10.1 Å². The second-order valence-corrected chi connectivity index (χ2v) is 7.18. The largest absolute Gasteiger partial charge is 0.339 e. The van der Waals surface area contributed by atoms with Gasteiger partial charge >= 0.3 is 0 Å². The maximum atomic E-state index is 13.6. The number of halogens is 2. The summed E-state index contributed by atoms with van der Waals surface area (Å²) in [5.41, 5.74) is 3.46. The Labute approximate surface area is 160 Å². The summed E-state index contributed by atoms with van der Waals surface area (Å²) in [4.78, 5) is 18.4. The van der Waals surface area contributed by atoms with Crippen molar-refractivity contribution < 1.29 is 13.7 Å². The highest BCUT2D eigenvalue weighted by Crippen LogP contribution is 2.35. The lowest BCUT2D eigenvalue weighted by molar-refractivity contribution is -0.117. The van der Waals surface area contributed by atoms with E-state index in [2.05, 4.69) is 16.2 Å². The number of amides is 1. The van der Waals surface area contributed by atoms with Crippen molar-refractivity contribution in [1.29, 1.82) is 0 Å². The van der Waals surface area contributed by atoms with Gasteiger partial charge in [-0.2, -0.15) is 4.98 Å². The van der Waals surface area contributed by atoms with Crippen molar-refractivity contribution in [3.05, 3.63) is 64.3 Å². The zero-order valence-corrected chi connectivity index (χ0v) is 15.6. The lowest BCUT2D eigenvalue weighted by atomic mass is 10.1. The van der Waals surface area contributed by atoms with Crippen molar-refractivity contribution in [2.24, 2.45) is 0 Å². The minimum Gasteiger partial charge on any atom is -0.339 e. The Morgan fingerprint density at radius 2 is 2.04 bits per heavy atom. The molecule has 138 valence electrons. The Morgan fingerprint density at radius 3 is 2.81 bits per heavy atom. The minimum atomic E-state index is -0.444. The molecule has 2 aromatic carbocycles. The number of carbonyl (C=O) groups excluding carboxylic acids is 1. The van der Waals surface area contributed by atoms with Crippen molar-refractivity contribution in [3.8, 4) is 11.4 Å². The Kier molecular flexibility index (Phi) is 4.44. The van der Waals surface area contributed by atoms with E-state index in [-0.39, 0.29) is 18.2 Å². The number of aromatic nitrogens is 2. The van der Waals surface area contributed by atoms with Gasteiger partial charge in [0.25, 0.3) is 0 Å². The van der Waals surface area contributed by atoms with Crippen LogP contribution in [0.5, 0.6) is 0 Å². The van der Waals surface area contributed by atoms with Crippen LogP contribution in [-0.4, -0.2) is 22.6 Å². The van der Waals surface area contributed by atoms with E-state index in [0.717, 1.165) is 16.7 Å². The third-order valence-corrected chi connectivity index (χ3v) is 5.06. The molecule has 4 rings (SSSR count). The number of carbonyl (C=O) groups is 1. The third kappa shape index (κ3) is 3.32. The molecule has 1 aliphatic heterocycles. The molecule has 0 radical (unpaired) electrons. The number of aryl methyl sites for hydroxylation is 2. The molecule has 1 unspecified atom stereocenters. The molecule has 0 spiro atoms. The van der Waals surface area contributed by atoms with Crippen LogP contribution in [0.4, 0.5) is 10.1 Å². The van der Waals surface area contributed by atoms with Gasteiger partial charge in [0.05, 0.1) is 16.6 Å². The van der Waals surface area contributed by atoms with Gasteiger partial charge in [-0.15, -0.1) is 0 Å². The fourth-order valence-corrected chi connectivity index (χ4v) is 3.59. The van der Waals surface area contributed by atoms with Crippen molar-refractivity contribution in [2.75, 3.05) is 11.4 Å². The second kappa shape index (κ2) is 6.78. The molecule has 0 aliphatic carbocycles. The molecule has 1 amide bonds. The zero-order valence-electron chi connectivity index (χ0n) is 14.9. The predicted molar refractivity (Wildman–Crippen MR) is 100 cm³/mol. The van der Waals surface area contributed by atoms with E-state index in [1.165, 1.54) is 23.1 Å². The smallest absolute Gasteiger partial charge is 0.232 e. The average molecular weight is 386 g/mol. The molecule has 7 heteroatoms. The van der Waals surface area contributed by atoms with E-state index in [1.54, 1.807) is 0 Å². The summed E-state index contributed by atoms with van der Waals surface area (Å²) in [6, 6.07) is 9.97. The average Bonchev–Trinajstić information content (AvgIpc) is 3.24. The van der Waals surface area contributed by atoms with Crippen LogP contribution in [0.15, 0.2) is 40.9 Å². The van der Waals surface area contributed by atoms with Gasteiger partial charge in [0.15, 0.2) is 0 Å². The van der Waals surface area contributed by atoms with E-state index in [1.807, 2.05) is 26.0 Å². The minimum absolute atomic E-state index is 0.154. The summed E-state index contributed by atoms with van der Waals surface area (Å²) in [7, 11) is 0. The summed E-state index contributed by atoms with van der Waals surface area (Å²) in [5.74, 6) is 0.0358. The van der Waals surface area contributed by atoms with Crippen LogP contribution in [0.25, 0.3) is 11.4 Å². The van der Waals surface area contributed by atoms with Crippen LogP contribution in [0, 0.1) is 19.7 Å². The SMILES string of the molecule is Cc1ccc(-c2noc(C3CC(=O)N(c4cc(F)ccc4Cl)C3)n2)c(C)c1. The van der Waals surface area contributed by atoms with Crippen LogP contribution in [0.3, 0.4) is 0 Å². The summed E-state index contributed by atoms with van der Waals surface area (Å²) in [6.45, 7) is 4.33. The van der Waals surface area contributed by atoms with Crippen LogP contribution in [0.1, 0.15) is 29.4 Å². The van der Waals surface area contributed by atoms with Gasteiger partial charge in [-0.1, -0.05) is 40.5 Å². The van der Waals surface area contributed by atoms with Gasteiger partial charge in [-0.05, 0) is 37.6 Å². The van der Waals surface area contributed by atoms with E-state index < -0.39 is 5.82 Å². The van der Waals surface area contributed by atoms with E-state index >= 15 is 0 Å². The maximum absolute atomic E-state index is 13.6. The Bertz CT molecular complexity index is 1030. The Morgan fingerprint density at radius 1 is 1.22 bits per heavy atom. The Hall–Kier alpha value is -2.73. The lowest BCUT2D eigenvalue weighted by Crippen LogP contribution is -2.24. The molecule has 3 aromatic rings. The van der Waals surface area contributed by atoms with Gasteiger partial charge in [0, 0.05) is 18.5 Å². The molecule has 0 N–H and O–H groups in total. The molecule has 1 aromatic heterocycles. The van der Waals surface area contributed by atoms with E-state index in [0.29, 0.717) is 29.0 Å². The highest BCUT2D eigenvalue weighted by Gasteiger charge is 2.36. The Balaban J connectivity index is 1.60. The van der Waals surface area contributed by atoms with Gasteiger partial charge in [0.2, 0.25) is 17.6 Å². The summed E-state index contributed by atoms with van der Waals surface area (Å²) >= 11 is 6.14. The van der Waals surface area contributed by atoms with Crippen LogP contribution >= 0.6 is 11.6 Å². The van der Waals surface area contributed by atoms with Crippen molar-refractivity contribution in [2.45, 2.75) is 26.2 Å². The third-order valence-electron chi connectivity index (χ3n) is 4.74. The predicted octanol–water partition coefficient (Wildman–Crippen LogP) is 4.67. The van der Waals surface area contributed by atoms with E-state index in [9.17, 15) is 9.18 Å². The number of benzene rings is 2. The molecule has 1 fully saturated rings. The van der Waals surface area contributed by atoms with Gasteiger partial charge in [-0.25, -0.2) is 4.39 Å². The van der Waals surface area contributed by atoms with Crippen molar-refractivity contribution >= 4 is 23.2 Å².